The molecule has 3 rings (SSSR count). The van der Waals surface area contributed by atoms with E-state index in [9.17, 15) is 9.59 Å². The second-order valence-electron chi connectivity index (χ2n) is 3.86. The van der Waals surface area contributed by atoms with Gasteiger partial charge >= 0.3 is 5.63 Å². The van der Waals surface area contributed by atoms with Crippen LogP contribution in [-0.4, -0.2) is 19.0 Å². The molecule has 0 radical (unpaired) electrons. The first kappa shape index (κ1) is 9.74. The highest BCUT2D eigenvalue weighted by Crippen LogP contribution is 2.25. The third kappa shape index (κ3) is 1.32. The molecule has 0 unspecified atom stereocenters. The standard InChI is InChI=1S/C11H10O5/c12-8-4-15-5-9-10(8)6-1-2-14-3-7(6)11(13)16-9/h1-5H2. The second kappa shape index (κ2) is 3.54. The molecule has 0 atom stereocenters. The molecule has 1 aromatic rings. The molecule has 0 aromatic carbocycles. The maximum atomic E-state index is 11.7. The van der Waals surface area contributed by atoms with Crippen LogP contribution >= 0.6 is 0 Å². The van der Waals surface area contributed by atoms with E-state index in [0.717, 1.165) is 5.56 Å². The van der Waals surface area contributed by atoms with Gasteiger partial charge in [-0.15, -0.1) is 0 Å². The number of carbonyl (C=O) groups excluding carboxylic acids is 1. The van der Waals surface area contributed by atoms with E-state index in [-0.39, 0.29) is 25.6 Å². The highest BCUT2D eigenvalue weighted by atomic mass is 16.5. The maximum Gasteiger partial charge on any atom is 0.341 e. The smallest absolute Gasteiger partial charge is 0.341 e. The van der Waals surface area contributed by atoms with Gasteiger partial charge in [0.15, 0.2) is 5.78 Å². The average molecular weight is 222 g/mol. The van der Waals surface area contributed by atoms with Gasteiger partial charge in [-0.1, -0.05) is 0 Å². The van der Waals surface area contributed by atoms with Crippen LogP contribution in [0, 0.1) is 0 Å². The minimum Gasteiger partial charge on any atom is -0.424 e. The molecule has 84 valence electrons. The summed E-state index contributed by atoms with van der Waals surface area (Å²) in [5.41, 5.74) is 1.42. The van der Waals surface area contributed by atoms with Gasteiger partial charge in [0, 0.05) is 0 Å². The second-order valence-corrected chi connectivity index (χ2v) is 3.86. The van der Waals surface area contributed by atoms with Crippen molar-refractivity contribution in [2.75, 3.05) is 13.2 Å². The number of ketones is 1. The number of carbonyl (C=O) groups is 1. The van der Waals surface area contributed by atoms with Gasteiger partial charge in [-0.3, -0.25) is 4.79 Å². The zero-order valence-electron chi connectivity index (χ0n) is 8.58. The first-order chi connectivity index (χ1) is 7.77. The van der Waals surface area contributed by atoms with Gasteiger partial charge in [-0.05, 0) is 12.0 Å². The summed E-state index contributed by atoms with van der Waals surface area (Å²) < 4.78 is 15.3. The Labute approximate surface area is 91.0 Å². The summed E-state index contributed by atoms with van der Waals surface area (Å²) in [6.45, 7) is 1.04. The number of fused-ring (bicyclic) bond motifs is 3. The molecular formula is C11H10O5. The maximum absolute atomic E-state index is 11.7. The van der Waals surface area contributed by atoms with Crippen LogP contribution in [0.1, 0.15) is 27.2 Å². The number of Topliss-reactive ketones (excluding diaryl/α,β-unsaturated/α-hetero) is 1. The Hall–Kier alpha value is -1.46. The SMILES string of the molecule is O=C1COCc2oc(=O)c3c(c21)CCOC3. The molecule has 0 N–H and O–H groups in total. The number of ether oxygens (including phenoxy) is 2. The van der Waals surface area contributed by atoms with Crippen molar-refractivity contribution in [1.29, 1.82) is 0 Å². The lowest BCUT2D eigenvalue weighted by molar-refractivity contribution is 0.0571. The highest BCUT2D eigenvalue weighted by Gasteiger charge is 2.29. The Balaban J connectivity index is 2.29. The fourth-order valence-electron chi connectivity index (χ4n) is 2.17. The summed E-state index contributed by atoms with van der Waals surface area (Å²) in [7, 11) is 0. The van der Waals surface area contributed by atoms with E-state index in [1.165, 1.54) is 0 Å². The predicted molar refractivity (Wildman–Crippen MR) is 52.3 cm³/mol. The summed E-state index contributed by atoms with van der Waals surface area (Å²) in [6.07, 6.45) is 0.592. The third-order valence-corrected chi connectivity index (χ3v) is 2.90. The number of rotatable bonds is 0. The normalized spacial score (nSPS) is 19.1. The summed E-state index contributed by atoms with van der Waals surface area (Å²) in [6, 6.07) is 0. The third-order valence-electron chi connectivity index (χ3n) is 2.90. The zero-order chi connectivity index (χ0) is 11.1. The van der Waals surface area contributed by atoms with Crippen LogP contribution in [0.15, 0.2) is 9.21 Å². The van der Waals surface area contributed by atoms with Gasteiger partial charge in [0.2, 0.25) is 0 Å². The van der Waals surface area contributed by atoms with E-state index < -0.39 is 5.63 Å². The first-order valence-electron chi connectivity index (χ1n) is 5.14. The van der Waals surface area contributed by atoms with Crippen molar-refractivity contribution in [3.05, 3.63) is 32.9 Å². The van der Waals surface area contributed by atoms with Crippen LogP contribution in [0.25, 0.3) is 0 Å². The fraction of sp³-hybridized carbons (Fsp3) is 0.455. The van der Waals surface area contributed by atoms with Gasteiger partial charge in [0.1, 0.15) is 19.0 Å². The molecule has 0 fully saturated rings. The molecule has 2 aliphatic heterocycles. The van der Waals surface area contributed by atoms with Gasteiger partial charge in [0.05, 0.1) is 24.3 Å². The minimum atomic E-state index is -0.410. The van der Waals surface area contributed by atoms with Crippen molar-refractivity contribution in [3.8, 4) is 0 Å². The van der Waals surface area contributed by atoms with Crippen LogP contribution < -0.4 is 5.63 Å². The predicted octanol–water partition coefficient (Wildman–Crippen LogP) is 0.425. The summed E-state index contributed by atoms with van der Waals surface area (Å²) >= 11 is 0. The molecule has 0 bridgehead atoms. The Morgan fingerprint density at radius 1 is 0.938 bits per heavy atom. The van der Waals surface area contributed by atoms with Crippen molar-refractivity contribution >= 4 is 5.78 Å². The Morgan fingerprint density at radius 3 is 2.69 bits per heavy atom. The molecule has 5 nitrogen and oxygen atoms in total. The number of hydrogen-bond donors (Lipinski definition) is 0. The Morgan fingerprint density at radius 2 is 1.81 bits per heavy atom. The van der Waals surface area contributed by atoms with Crippen LogP contribution in [-0.2, 0) is 29.1 Å². The zero-order valence-corrected chi connectivity index (χ0v) is 8.58. The van der Waals surface area contributed by atoms with Crippen LogP contribution in [0.5, 0.6) is 0 Å². The van der Waals surface area contributed by atoms with Crippen molar-refractivity contribution in [1.82, 2.24) is 0 Å². The van der Waals surface area contributed by atoms with E-state index in [1.807, 2.05) is 0 Å². The molecule has 16 heavy (non-hydrogen) atoms. The van der Waals surface area contributed by atoms with E-state index in [0.29, 0.717) is 29.9 Å². The first-order valence-corrected chi connectivity index (χ1v) is 5.14. The molecule has 1 aromatic heterocycles. The molecule has 0 saturated heterocycles. The lowest BCUT2D eigenvalue weighted by atomic mass is 9.95. The van der Waals surface area contributed by atoms with Gasteiger partial charge in [-0.25, -0.2) is 4.79 Å². The summed E-state index contributed by atoms with van der Waals surface area (Å²) in [5, 5.41) is 0. The molecule has 5 heteroatoms. The van der Waals surface area contributed by atoms with Crippen LogP contribution in [0.2, 0.25) is 0 Å². The summed E-state index contributed by atoms with van der Waals surface area (Å²) in [5.74, 6) is 0.255. The van der Waals surface area contributed by atoms with E-state index >= 15 is 0 Å². The van der Waals surface area contributed by atoms with Crippen LogP contribution in [0.3, 0.4) is 0 Å². The van der Waals surface area contributed by atoms with E-state index in [1.54, 1.807) is 0 Å². The van der Waals surface area contributed by atoms with Crippen molar-refractivity contribution < 1.29 is 18.7 Å². The molecule has 3 heterocycles. The lowest BCUT2D eigenvalue weighted by Crippen LogP contribution is -2.28. The largest absolute Gasteiger partial charge is 0.424 e. The minimum absolute atomic E-state index is 0.0635. The monoisotopic (exact) mass is 222 g/mol. The molecule has 0 amide bonds. The molecule has 0 aliphatic carbocycles. The lowest BCUT2D eigenvalue weighted by Gasteiger charge is -2.22. The molecular weight excluding hydrogens is 212 g/mol. The summed E-state index contributed by atoms with van der Waals surface area (Å²) in [4.78, 5) is 23.4. The van der Waals surface area contributed by atoms with Gasteiger partial charge in [0.25, 0.3) is 0 Å². The quantitative estimate of drug-likeness (QED) is 0.636. The van der Waals surface area contributed by atoms with E-state index in [2.05, 4.69) is 0 Å². The fourth-order valence-corrected chi connectivity index (χ4v) is 2.17. The van der Waals surface area contributed by atoms with Crippen molar-refractivity contribution in [2.45, 2.75) is 19.6 Å². The average Bonchev–Trinajstić information content (AvgIpc) is 2.29. The van der Waals surface area contributed by atoms with Crippen molar-refractivity contribution in [3.63, 3.8) is 0 Å². The van der Waals surface area contributed by atoms with Crippen molar-refractivity contribution in [2.24, 2.45) is 0 Å². The van der Waals surface area contributed by atoms with E-state index in [4.69, 9.17) is 13.9 Å². The van der Waals surface area contributed by atoms with Gasteiger partial charge in [-0.2, -0.15) is 0 Å². The topological polar surface area (TPSA) is 65.7 Å². The molecule has 2 aliphatic rings. The molecule has 0 spiro atoms. The molecule has 0 saturated carbocycles. The highest BCUT2D eigenvalue weighted by molar-refractivity contribution is 6.00. The number of hydrogen-bond acceptors (Lipinski definition) is 5. The van der Waals surface area contributed by atoms with Crippen LogP contribution in [0.4, 0.5) is 0 Å². The Kier molecular flexibility index (Phi) is 2.15. The Bertz CT molecular complexity index is 514. The van der Waals surface area contributed by atoms with Gasteiger partial charge < -0.3 is 13.9 Å².